The molecule has 0 atom stereocenters. The maximum absolute atomic E-state index is 12.1. The summed E-state index contributed by atoms with van der Waals surface area (Å²) in [4.78, 5) is 0. The molecular weight excluding hydrogens is 174 g/mol. The third-order valence-electron chi connectivity index (χ3n) is 1.72. The van der Waals surface area contributed by atoms with E-state index in [-0.39, 0.29) is 0 Å². The number of hydrogen-bond acceptors (Lipinski definition) is 1. The fraction of sp³-hybridized carbons (Fsp3) is 0.556. The van der Waals surface area contributed by atoms with E-state index in [1.165, 1.54) is 12.4 Å². The van der Waals surface area contributed by atoms with Gasteiger partial charge in [0.05, 0.1) is 0 Å². The van der Waals surface area contributed by atoms with Crippen LogP contribution in [0.2, 0.25) is 0 Å². The molecule has 4 heteroatoms. The molecule has 0 unspecified atom stereocenters. The fourth-order valence-electron chi connectivity index (χ4n) is 1.01. The molecule has 0 radical (unpaired) electrons. The second-order valence-electron chi connectivity index (χ2n) is 3.28. The molecule has 2 nitrogen and oxygen atoms in total. The van der Waals surface area contributed by atoms with Crippen molar-refractivity contribution in [2.45, 2.75) is 33.0 Å². The summed E-state index contributed by atoms with van der Waals surface area (Å²) in [5, 5.41) is 3.16. The van der Waals surface area contributed by atoms with E-state index in [1.54, 1.807) is 6.07 Å². The predicted octanol–water partition coefficient (Wildman–Crippen LogP) is 2.38. The van der Waals surface area contributed by atoms with Gasteiger partial charge in [-0.2, -0.15) is 8.78 Å². The van der Waals surface area contributed by atoms with Crippen LogP contribution in [0, 0.1) is 0 Å². The van der Waals surface area contributed by atoms with Crippen molar-refractivity contribution in [3.05, 3.63) is 24.0 Å². The molecule has 0 saturated carbocycles. The smallest absolute Gasteiger partial charge is 0.310 e. The largest absolute Gasteiger partial charge is 0.318 e. The van der Waals surface area contributed by atoms with Crippen molar-refractivity contribution < 1.29 is 8.78 Å². The highest BCUT2D eigenvalue weighted by Gasteiger charge is 2.05. The van der Waals surface area contributed by atoms with Crippen LogP contribution in [-0.2, 0) is 6.54 Å². The molecule has 0 saturated heterocycles. The van der Waals surface area contributed by atoms with E-state index in [1.807, 2.05) is 13.8 Å². The highest BCUT2D eigenvalue weighted by atomic mass is 19.3. The molecule has 0 aromatic carbocycles. The fourth-order valence-corrected chi connectivity index (χ4v) is 1.01. The van der Waals surface area contributed by atoms with Gasteiger partial charge in [-0.1, -0.05) is 13.8 Å². The first-order valence-corrected chi connectivity index (χ1v) is 4.27. The maximum atomic E-state index is 12.1. The minimum absolute atomic E-state index is 0.370. The summed E-state index contributed by atoms with van der Waals surface area (Å²) >= 11 is 0. The van der Waals surface area contributed by atoms with E-state index < -0.39 is 6.55 Å². The Labute approximate surface area is 76.6 Å². The summed E-state index contributed by atoms with van der Waals surface area (Å²) in [6.07, 6.45) is 2.85. The highest BCUT2D eigenvalue weighted by Crippen LogP contribution is 2.11. The van der Waals surface area contributed by atoms with Gasteiger partial charge in [-0.3, -0.25) is 4.57 Å². The van der Waals surface area contributed by atoms with Crippen LogP contribution in [0.1, 0.15) is 26.0 Å². The normalized spacial score (nSPS) is 11.5. The number of nitrogens with zero attached hydrogens (tertiary/aromatic N) is 1. The second-order valence-corrected chi connectivity index (χ2v) is 3.28. The summed E-state index contributed by atoms with van der Waals surface area (Å²) in [5.74, 6) is 0. The van der Waals surface area contributed by atoms with Crippen LogP contribution < -0.4 is 5.32 Å². The van der Waals surface area contributed by atoms with Crippen LogP contribution in [0.4, 0.5) is 8.78 Å². The van der Waals surface area contributed by atoms with Crippen molar-refractivity contribution in [3.8, 4) is 0 Å². The van der Waals surface area contributed by atoms with E-state index in [0.717, 1.165) is 10.1 Å². The Bertz CT molecular complexity index is 256. The van der Waals surface area contributed by atoms with Crippen LogP contribution in [0.15, 0.2) is 18.5 Å². The molecule has 0 spiro atoms. The minimum Gasteiger partial charge on any atom is -0.310 e. The molecule has 1 aromatic heterocycles. The van der Waals surface area contributed by atoms with Gasteiger partial charge >= 0.3 is 6.55 Å². The quantitative estimate of drug-likeness (QED) is 0.767. The Balaban J connectivity index is 2.49. The van der Waals surface area contributed by atoms with Gasteiger partial charge in [0.1, 0.15) is 0 Å². The van der Waals surface area contributed by atoms with Gasteiger partial charge in [0.15, 0.2) is 0 Å². The van der Waals surface area contributed by atoms with Gasteiger partial charge in [-0.05, 0) is 11.6 Å². The molecule has 0 aliphatic heterocycles. The van der Waals surface area contributed by atoms with Gasteiger partial charge < -0.3 is 5.32 Å². The second kappa shape index (κ2) is 4.37. The number of alkyl halides is 2. The van der Waals surface area contributed by atoms with E-state index in [4.69, 9.17) is 0 Å². The zero-order valence-corrected chi connectivity index (χ0v) is 7.80. The van der Waals surface area contributed by atoms with E-state index in [9.17, 15) is 8.78 Å². The van der Waals surface area contributed by atoms with Crippen molar-refractivity contribution >= 4 is 0 Å². The van der Waals surface area contributed by atoms with E-state index in [0.29, 0.717) is 12.6 Å². The van der Waals surface area contributed by atoms with Crippen molar-refractivity contribution in [1.82, 2.24) is 9.88 Å². The lowest BCUT2D eigenvalue weighted by Gasteiger charge is -2.05. The van der Waals surface area contributed by atoms with Crippen molar-refractivity contribution in [2.75, 3.05) is 0 Å². The summed E-state index contributed by atoms with van der Waals surface area (Å²) in [7, 11) is 0. The van der Waals surface area contributed by atoms with E-state index >= 15 is 0 Å². The van der Waals surface area contributed by atoms with Crippen LogP contribution >= 0.6 is 0 Å². The van der Waals surface area contributed by atoms with Gasteiger partial charge in [0, 0.05) is 25.0 Å². The molecule has 13 heavy (non-hydrogen) atoms. The standard InChI is InChI=1S/C9H14F2N2/c1-7(2)12-5-8-3-4-13(6-8)9(10)11/h3-4,6-7,9,12H,5H2,1-2H3. The first kappa shape index (κ1) is 10.2. The third kappa shape index (κ3) is 3.14. The summed E-state index contributed by atoms with van der Waals surface area (Å²) in [5.41, 5.74) is 0.883. The lowest BCUT2D eigenvalue weighted by molar-refractivity contribution is 0.0705. The average Bonchev–Trinajstić information content (AvgIpc) is 2.48. The first-order chi connectivity index (χ1) is 6.09. The third-order valence-corrected chi connectivity index (χ3v) is 1.72. The number of halogens is 2. The minimum atomic E-state index is -2.44. The van der Waals surface area contributed by atoms with Crippen LogP contribution in [0.5, 0.6) is 0 Å². The predicted molar refractivity (Wildman–Crippen MR) is 47.7 cm³/mol. The van der Waals surface area contributed by atoms with Crippen molar-refractivity contribution in [3.63, 3.8) is 0 Å². The Morgan fingerprint density at radius 1 is 1.46 bits per heavy atom. The van der Waals surface area contributed by atoms with Crippen LogP contribution in [-0.4, -0.2) is 10.6 Å². The summed E-state index contributed by atoms with van der Waals surface area (Å²) in [6.45, 7) is 2.24. The molecule has 0 amide bonds. The molecule has 1 N–H and O–H groups in total. The van der Waals surface area contributed by atoms with Gasteiger partial charge in [0.25, 0.3) is 0 Å². The Kier molecular flexibility index (Phi) is 3.42. The number of nitrogens with one attached hydrogen (secondary N) is 1. The van der Waals surface area contributed by atoms with E-state index in [2.05, 4.69) is 5.32 Å². The zero-order valence-electron chi connectivity index (χ0n) is 7.80. The van der Waals surface area contributed by atoms with Gasteiger partial charge in [0.2, 0.25) is 0 Å². The number of hydrogen-bond donors (Lipinski definition) is 1. The lowest BCUT2D eigenvalue weighted by atomic mass is 10.3. The van der Waals surface area contributed by atoms with Gasteiger partial charge in [-0.15, -0.1) is 0 Å². The zero-order chi connectivity index (χ0) is 9.84. The molecule has 0 bridgehead atoms. The molecule has 1 heterocycles. The Morgan fingerprint density at radius 2 is 2.15 bits per heavy atom. The first-order valence-electron chi connectivity index (χ1n) is 4.27. The van der Waals surface area contributed by atoms with Crippen molar-refractivity contribution in [1.29, 1.82) is 0 Å². The van der Waals surface area contributed by atoms with Crippen LogP contribution in [0.25, 0.3) is 0 Å². The molecule has 1 rings (SSSR count). The average molecular weight is 188 g/mol. The maximum Gasteiger partial charge on any atom is 0.318 e. The lowest BCUT2D eigenvalue weighted by Crippen LogP contribution is -2.21. The number of rotatable bonds is 4. The molecule has 0 aliphatic carbocycles. The summed E-state index contributed by atoms with van der Waals surface area (Å²) in [6, 6.07) is 2.07. The molecule has 1 aromatic rings. The van der Waals surface area contributed by atoms with Gasteiger partial charge in [-0.25, -0.2) is 0 Å². The van der Waals surface area contributed by atoms with Crippen molar-refractivity contribution in [2.24, 2.45) is 0 Å². The monoisotopic (exact) mass is 188 g/mol. The molecular formula is C9H14F2N2. The van der Waals surface area contributed by atoms with Crippen LogP contribution in [0.3, 0.4) is 0 Å². The highest BCUT2D eigenvalue weighted by molar-refractivity contribution is 5.10. The topological polar surface area (TPSA) is 17.0 Å². The molecule has 74 valence electrons. The Hall–Kier alpha value is -0.900. The SMILES string of the molecule is CC(C)NCc1ccn(C(F)F)c1. The summed E-state index contributed by atoms with van der Waals surface area (Å²) < 4.78 is 25.1. The molecule has 0 fully saturated rings. The Morgan fingerprint density at radius 3 is 2.62 bits per heavy atom. The molecule has 0 aliphatic rings. The number of aromatic nitrogens is 1.